The normalized spacial score (nSPS) is 21.4. The molecule has 0 aromatic heterocycles. The summed E-state index contributed by atoms with van der Waals surface area (Å²) in [6.07, 6.45) is 0.277. The van der Waals surface area contributed by atoms with Gasteiger partial charge in [-0.15, -0.1) is 0 Å². The maximum absolute atomic E-state index is 16.3. The maximum atomic E-state index is 16.3. The van der Waals surface area contributed by atoms with E-state index in [1.54, 1.807) is 47.4 Å². The van der Waals surface area contributed by atoms with Crippen LogP contribution in [-0.2, 0) is 32.1 Å². The number of hydrogen-bond acceptors (Lipinski definition) is 6. The standard InChI is InChI=1S/C33H35FN2O7/c1-22-18-33(21-41-20-29(37)35-33)28(36(22)32(40)43-19-23-9-3-2-4-10-23)17-24-11-7-13-26(31(24)34)25-12-5-6-14-27(25)42-16-8-15-30(38)39/h2-7,9-14,22,28H,8,15-21H2,1H3,(H,35,37)(H,38,39)/t22-,28?,33?/m1/s1. The van der Waals surface area contributed by atoms with Crippen molar-refractivity contribution in [2.75, 3.05) is 19.8 Å². The number of amides is 2. The molecule has 2 aliphatic heterocycles. The molecule has 2 aliphatic rings. The Morgan fingerprint density at radius 3 is 2.58 bits per heavy atom. The summed E-state index contributed by atoms with van der Waals surface area (Å²) < 4.78 is 33.5. The molecule has 0 saturated carbocycles. The number of carboxylic acids is 1. The number of nitrogens with zero attached hydrogens (tertiary/aromatic N) is 1. The third-order valence-corrected chi connectivity index (χ3v) is 7.97. The number of carbonyl (C=O) groups is 3. The number of morpholine rings is 1. The number of nitrogens with one attached hydrogen (secondary N) is 1. The smallest absolute Gasteiger partial charge is 0.410 e. The van der Waals surface area contributed by atoms with E-state index in [0.717, 1.165) is 5.56 Å². The summed E-state index contributed by atoms with van der Waals surface area (Å²) in [5.74, 6) is -1.23. The minimum absolute atomic E-state index is 0.0297. The van der Waals surface area contributed by atoms with Crippen LogP contribution in [0.1, 0.15) is 37.3 Å². The Morgan fingerprint density at radius 1 is 1.07 bits per heavy atom. The van der Waals surface area contributed by atoms with Gasteiger partial charge in [0.2, 0.25) is 5.91 Å². The molecule has 0 aliphatic carbocycles. The van der Waals surface area contributed by atoms with E-state index in [9.17, 15) is 14.4 Å². The Bertz CT molecular complexity index is 1470. The van der Waals surface area contributed by atoms with Crippen molar-refractivity contribution >= 4 is 18.0 Å². The zero-order chi connectivity index (χ0) is 30.4. The van der Waals surface area contributed by atoms with Crippen molar-refractivity contribution in [3.05, 3.63) is 89.7 Å². The number of carbonyl (C=O) groups excluding carboxylic acids is 2. The van der Waals surface area contributed by atoms with E-state index in [4.69, 9.17) is 19.3 Å². The molecule has 10 heteroatoms. The van der Waals surface area contributed by atoms with Gasteiger partial charge in [-0.1, -0.05) is 66.7 Å². The Balaban J connectivity index is 1.43. The van der Waals surface area contributed by atoms with E-state index in [1.165, 1.54) is 0 Å². The van der Waals surface area contributed by atoms with Crippen LogP contribution in [0.3, 0.4) is 0 Å². The van der Waals surface area contributed by atoms with E-state index in [0.29, 0.717) is 35.3 Å². The van der Waals surface area contributed by atoms with Gasteiger partial charge in [0.05, 0.1) is 24.8 Å². The lowest BCUT2D eigenvalue weighted by atomic mass is 9.84. The van der Waals surface area contributed by atoms with Gasteiger partial charge in [-0.3, -0.25) is 14.5 Å². The largest absolute Gasteiger partial charge is 0.493 e. The average molecular weight is 591 g/mol. The maximum Gasteiger partial charge on any atom is 0.410 e. The SMILES string of the molecule is C[C@@H]1CC2(COCC(=O)N2)C(Cc2cccc(-c3ccccc3OCCCC(=O)O)c2F)N1C(=O)OCc1ccccc1. The van der Waals surface area contributed by atoms with Crippen LogP contribution in [0, 0.1) is 5.82 Å². The van der Waals surface area contributed by atoms with Crippen molar-refractivity contribution in [2.45, 2.75) is 56.8 Å². The fourth-order valence-electron chi connectivity index (χ4n) is 6.07. The number of aliphatic carboxylic acids is 1. The first-order valence-electron chi connectivity index (χ1n) is 14.4. The van der Waals surface area contributed by atoms with Crippen molar-refractivity contribution < 1.29 is 38.1 Å². The second kappa shape index (κ2) is 13.2. The van der Waals surface area contributed by atoms with Crippen LogP contribution in [0.4, 0.5) is 9.18 Å². The molecular weight excluding hydrogens is 555 g/mol. The number of benzene rings is 3. The van der Waals surface area contributed by atoms with E-state index in [2.05, 4.69) is 5.32 Å². The van der Waals surface area contributed by atoms with Crippen molar-refractivity contribution in [2.24, 2.45) is 0 Å². The van der Waals surface area contributed by atoms with Gasteiger partial charge in [0, 0.05) is 23.6 Å². The second-order valence-corrected chi connectivity index (χ2v) is 11.0. The van der Waals surface area contributed by atoms with Crippen molar-refractivity contribution in [1.82, 2.24) is 10.2 Å². The number of likely N-dealkylation sites (tertiary alicyclic amines) is 1. The number of rotatable bonds is 10. The number of halogens is 1. The Kier molecular flexibility index (Phi) is 9.25. The quantitative estimate of drug-likeness (QED) is 0.321. The van der Waals surface area contributed by atoms with Gasteiger partial charge in [-0.05, 0) is 43.4 Å². The Morgan fingerprint density at radius 2 is 1.81 bits per heavy atom. The van der Waals surface area contributed by atoms with E-state index in [1.807, 2.05) is 37.3 Å². The Labute approximate surface area is 249 Å². The molecule has 1 spiro atoms. The summed E-state index contributed by atoms with van der Waals surface area (Å²) >= 11 is 0. The molecule has 2 heterocycles. The first kappa shape index (κ1) is 30.0. The van der Waals surface area contributed by atoms with Crippen LogP contribution >= 0.6 is 0 Å². The predicted molar refractivity (Wildman–Crippen MR) is 156 cm³/mol. The summed E-state index contributed by atoms with van der Waals surface area (Å²) in [5, 5.41) is 12.0. The molecule has 3 atom stereocenters. The van der Waals surface area contributed by atoms with E-state index >= 15 is 4.39 Å². The zero-order valence-corrected chi connectivity index (χ0v) is 24.0. The lowest BCUT2D eigenvalue weighted by Gasteiger charge is -2.41. The van der Waals surface area contributed by atoms with Crippen LogP contribution in [0.25, 0.3) is 11.1 Å². The average Bonchev–Trinajstić information content (AvgIpc) is 3.25. The van der Waals surface area contributed by atoms with Gasteiger partial charge >= 0.3 is 12.1 Å². The van der Waals surface area contributed by atoms with Gasteiger partial charge in [0.1, 0.15) is 24.8 Å². The molecule has 2 fully saturated rings. The van der Waals surface area contributed by atoms with Crippen LogP contribution in [0.15, 0.2) is 72.8 Å². The third-order valence-electron chi connectivity index (χ3n) is 7.97. The lowest BCUT2D eigenvalue weighted by molar-refractivity contribution is -0.137. The van der Waals surface area contributed by atoms with Crippen LogP contribution in [0.5, 0.6) is 5.75 Å². The molecule has 3 aromatic rings. The molecule has 5 rings (SSSR count). The molecule has 9 nitrogen and oxygen atoms in total. The van der Waals surface area contributed by atoms with Crippen LogP contribution in [0.2, 0.25) is 0 Å². The summed E-state index contributed by atoms with van der Waals surface area (Å²) in [5.41, 5.74) is 1.13. The van der Waals surface area contributed by atoms with Gasteiger partial charge in [-0.2, -0.15) is 0 Å². The number of ether oxygens (including phenoxy) is 3. The molecule has 2 N–H and O–H groups in total. The monoisotopic (exact) mass is 590 g/mol. The molecule has 0 radical (unpaired) electrons. The summed E-state index contributed by atoms with van der Waals surface area (Å²) in [4.78, 5) is 38.5. The number of para-hydroxylation sites is 1. The minimum Gasteiger partial charge on any atom is -0.493 e. The van der Waals surface area contributed by atoms with Gasteiger partial charge < -0.3 is 24.6 Å². The van der Waals surface area contributed by atoms with Gasteiger partial charge in [0.25, 0.3) is 0 Å². The number of hydrogen-bond donors (Lipinski definition) is 2. The second-order valence-electron chi connectivity index (χ2n) is 11.0. The highest BCUT2D eigenvalue weighted by atomic mass is 19.1. The molecule has 2 amide bonds. The minimum atomic E-state index is -0.910. The van der Waals surface area contributed by atoms with Crippen molar-refractivity contribution in [3.63, 3.8) is 0 Å². The van der Waals surface area contributed by atoms with Crippen molar-refractivity contribution in [1.29, 1.82) is 0 Å². The predicted octanol–water partition coefficient (Wildman–Crippen LogP) is 4.96. The molecule has 2 saturated heterocycles. The van der Waals surface area contributed by atoms with Gasteiger partial charge in [-0.25, -0.2) is 9.18 Å². The van der Waals surface area contributed by atoms with Gasteiger partial charge in [0.15, 0.2) is 0 Å². The topological polar surface area (TPSA) is 114 Å². The number of carboxylic acid groups (broad SMARTS) is 1. The highest BCUT2D eigenvalue weighted by Crippen LogP contribution is 2.40. The summed E-state index contributed by atoms with van der Waals surface area (Å²) in [6.45, 7) is 2.25. The fraction of sp³-hybridized carbons (Fsp3) is 0.364. The first-order valence-corrected chi connectivity index (χ1v) is 14.4. The summed E-state index contributed by atoms with van der Waals surface area (Å²) in [7, 11) is 0. The molecule has 226 valence electrons. The van der Waals surface area contributed by atoms with Crippen LogP contribution < -0.4 is 10.1 Å². The molecule has 3 aromatic carbocycles. The molecular formula is C33H35FN2O7. The van der Waals surface area contributed by atoms with Crippen molar-refractivity contribution in [3.8, 4) is 16.9 Å². The van der Waals surface area contributed by atoms with E-state index in [-0.39, 0.29) is 51.2 Å². The highest BCUT2D eigenvalue weighted by Gasteiger charge is 2.55. The Hall–Kier alpha value is -4.44. The van der Waals surface area contributed by atoms with Crippen LogP contribution in [-0.4, -0.2) is 65.4 Å². The third kappa shape index (κ3) is 6.80. The zero-order valence-electron chi connectivity index (χ0n) is 24.0. The fourth-order valence-corrected chi connectivity index (χ4v) is 6.07. The molecule has 0 bridgehead atoms. The summed E-state index contributed by atoms with van der Waals surface area (Å²) in [6, 6.07) is 20.5. The molecule has 43 heavy (non-hydrogen) atoms. The van der Waals surface area contributed by atoms with E-state index < -0.39 is 29.5 Å². The first-order chi connectivity index (χ1) is 20.8. The highest BCUT2D eigenvalue weighted by molar-refractivity contribution is 5.80. The lowest BCUT2D eigenvalue weighted by Crippen LogP contribution is -2.64. The molecule has 2 unspecified atom stereocenters.